The van der Waals surface area contributed by atoms with E-state index in [-0.39, 0.29) is 0 Å². The van der Waals surface area contributed by atoms with Crippen molar-refractivity contribution in [2.24, 2.45) is 15.4 Å². The van der Waals surface area contributed by atoms with Gasteiger partial charge in [-0.25, -0.2) is 0 Å². The quantitative estimate of drug-likeness (QED) is 0.426. The van der Waals surface area contributed by atoms with Gasteiger partial charge in [-0.05, 0) is 5.22 Å². The molecule has 0 spiro atoms. The van der Waals surface area contributed by atoms with E-state index in [1.165, 1.54) is 6.21 Å². The van der Waals surface area contributed by atoms with Gasteiger partial charge in [0.2, 0.25) is 0 Å². The Hall–Kier alpha value is -1.24. The largest absolute Gasteiger partial charge is 0.196 e. The summed E-state index contributed by atoms with van der Waals surface area (Å²) in [7, 11) is 0. The highest BCUT2D eigenvalue weighted by atomic mass is 15.4. The van der Waals surface area contributed by atoms with E-state index in [2.05, 4.69) is 15.4 Å². The third-order valence-corrected chi connectivity index (χ3v) is 0.568. The molecule has 1 aliphatic heterocycles. The first-order valence-corrected chi connectivity index (χ1v) is 1.76. The molecule has 1 rings (SSSR count). The lowest BCUT2D eigenvalue weighted by molar-refractivity contribution is 0.985. The Morgan fingerprint density at radius 1 is 1.71 bits per heavy atom. The van der Waals surface area contributed by atoms with Crippen molar-refractivity contribution in [2.45, 2.75) is 6.04 Å². The Morgan fingerprint density at radius 3 is 2.86 bits per heavy atom. The predicted octanol–water partition coefficient (Wildman–Crippen LogP) is 0.330. The minimum Gasteiger partial charge on any atom is -0.195 e. The van der Waals surface area contributed by atoms with Gasteiger partial charge in [-0.1, -0.05) is 0 Å². The molecule has 0 radical (unpaired) electrons. The molecule has 0 saturated heterocycles. The summed E-state index contributed by atoms with van der Waals surface area (Å²) in [4.78, 5) is 0. The van der Waals surface area contributed by atoms with Crippen molar-refractivity contribution in [1.82, 2.24) is 0 Å². The van der Waals surface area contributed by atoms with Gasteiger partial charge < -0.3 is 0 Å². The third kappa shape index (κ3) is 0.602. The van der Waals surface area contributed by atoms with Crippen molar-refractivity contribution in [1.29, 1.82) is 5.26 Å². The average molecular weight is 94.1 g/mol. The van der Waals surface area contributed by atoms with Crippen molar-refractivity contribution >= 4 is 6.21 Å². The second kappa shape index (κ2) is 1.47. The molecule has 0 amide bonds. The van der Waals surface area contributed by atoms with Crippen LogP contribution in [-0.4, -0.2) is 12.3 Å². The maximum atomic E-state index is 8.07. The molecule has 1 heterocycles. The lowest BCUT2D eigenvalue weighted by atomic mass is 10.4. The number of nitrogens with zero attached hydrogens (tertiary/aromatic N) is 4. The molecular weight excluding hydrogens is 92.1 g/mol. The van der Waals surface area contributed by atoms with Crippen LogP contribution in [0, 0.1) is 11.3 Å². The molecule has 1 aliphatic rings. The van der Waals surface area contributed by atoms with E-state index in [9.17, 15) is 0 Å². The predicted molar refractivity (Wildman–Crippen MR) is 22.7 cm³/mol. The van der Waals surface area contributed by atoms with Gasteiger partial charge in [0.15, 0.2) is 6.04 Å². The number of rotatable bonds is 0. The van der Waals surface area contributed by atoms with Gasteiger partial charge in [0.25, 0.3) is 0 Å². The average Bonchev–Trinajstić information content (AvgIpc) is 2.14. The van der Waals surface area contributed by atoms with Gasteiger partial charge in [-0.15, -0.1) is 10.2 Å². The molecule has 0 aromatic carbocycles. The van der Waals surface area contributed by atoms with Crippen LogP contribution in [0.25, 0.3) is 0 Å². The van der Waals surface area contributed by atoms with Gasteiger partial charge in [0.05, 0.1) is 12.3 Å². The summed E-state index contributed by atoms with van der Waals surface area (Å²) in [5.41, 5.74) is 0. The highest BCUT2D eigenvalue weighted by Crippen LogP contribution is 1.93. The molecule has 0 bridgehead atoms. The lowest BCUT2D eigenvalue weighted by Gasteiger charge is -1.74. The zero-order chi connectivity index (χ0) is 5.11. The summed E-state index contributed by atoms with van der Waals surface area (Å²) in [6.07, 6.45) is 1.39. The van der Waals surface area contributed by atoms with Crippen LogP contribution in [0.2, 0.25) is 0 Å². The van der Waals surface area contributed by atoms with E-state index in [1.54, 1.807) is 0 Å². The Bertz CT molecular complexity index is 139. The molecule has 4 nitrogen and oxygen atoms in total. The zero-order valence-electron chi connectivity index (χ0n) is 3.44. The molecule has 0 fully saturated rings. The zero-order valence-corrected chi connectivity index (χ0v) is 3.44. The van der Waals surface area contributed by atoms with Gasteiger partial charge in [0, 0.05) is 0 Å². The summed E-state index contributed by atoms with van der Waals surface area (Å²) >= 11 is 0. The lowest BCUT2D eigenvalue weighted by Crippen LogP contribution is -1.94. The molecule has 4 heteroatoms. The van der Waals surface area contributed by atoms with E-state index in [1.807, 2.05) is 6.07 Å². The van der Waals surface area contributed by atoms with Gasteiger partial charge >= 0.3 is 0 Å². The van der Waals surface area contributed by atoms with E-state index in [0.29, 0.717) is 0 Å². The molecular formula is C3H2N4. The Morgan fingerprint density at radius 2 is 2.57 bits per heavy atom. The van der Waals surface area contributed by atoms with Crippen molar-refractivity contribution < 1.29 is 0 Å². The topological polar surface area (TPSA) is 60.9 Å². The number of nitriles is 1. The van der Waals surface area contributed by atoms with Crippen LogP contribution in [0.15, 0.2) is 15.4 Å². The van der Waals surface area contributed by atoms with Gasteiger partial charge in [-0.2, -0.15) is 5.26 Å². The minimum atomic E-state index is -0.431. The Labute approximate surface area is 40.2 Å². The van der Waals surface area contributed by atoms with E-state index in [4.69, 9.17) is 5.26 Å². The summed E-state index contributed by atoms with van der Waals surface area (Å²) in [5.74, 6) is 0. The molecule has 1 unspecified atom stereocenters. The fourth-order valence-corrected chi connectivity index (χ4v) is 0.267. The normalized spacial score (nSPS) is 25.3. The van der Waals surface area contributed by atoms with E-state index in [0.717, 1.165) is 0 Å². The van der Waals surface area contributed by atoms with Crippen LogP contribution in [0.3, 0.4) is 0 Å². The molecule has 0 saturated carbocycles. The number of hydrogen-bond donors (Lipinski definition) is 0. The summed E-state index contributed by atoms with van der Waals surface area (Å²) in [6.45, 7) is 0. The summed E-state index contributed by atoms with van der Waals surface area (Å²) in [6, 6.07) is 1.42. The smallest absolute Gasteiger partial charge is 0.195 e. The standard InChI is InChI=1S/C3H2N4/c4-1-3-2-5-7-6-3/h2-3H. The monoisotopic (exact) mass is 94.0 g/mol. The fraction of sp³-hybridized carbons (Fsp3) is 0.333. The van der Waals surface area contributed by atoms with Crippen LogP contribution in [0.5, 0.6) is 0 Å². The maximum absolute atomic E-state index is 8.07. The number of hydrogen-bond acceptors (Lipinski definition) is 4. The van der Waals surface area contributed by atoms with Crippen LogP contribution >= 0.6 is 0 Å². The van der Waals surface area contributed by atoms with Gasteiger partial charge in [0.1, 0.15) is 0 Å². The molecule has 0 aromatic heterocycles. The van der Waals surface area contributed by atoms with Crippen molar-refractivity contribution in [2.75, 3.05) is 0 Å². The van der Waals surface area contributed by atoms with Crippen LogP contribution in [0.1, 0.15) is 0 Å². The second-order valence-electron chi connectivity index (χ2n) is 1.04. The SMILES string of the molecule is N#CC1C=NN=N1. The Balaban J connectivity index is 2.65. The highest BCUT2D eigenvalue weighted by Gasteiger charge is 2.02. The first-order chi connectivity index (χ1) is 3.43. The van der Waals surface area contributed by atoms with Crippen molar-refractivity contribution in [3.8, 4) is 6.07 Å². The summed E-state index contributed by atoms with van der Waals surface area (Å²) in [5, 5.41) is 18.0. The van der Waals surface area contributed by atoms with Crippen LogP contribution in [-0.2, 0) is 0 Å². The molecule has 1 atom stereocenters. The van der Waals surface area contributed by atoms with Crippen molar-refractivity contribution in [3.63, 3.8) is 0 Å². The second-order valence-corrected chi connectivity index (χ2v) is 1.04. The molecule has 34 valence electrons. The van der Waals surface area contributed by atoms with Crippen molar-refractivity contribution in [3.05, 3.63) is 0 Å². The first-order valence-electron chi connectivity index (χ1n) is 1.76. The molecule has 0 N–H and O–H groups in total. The molecule has 0 aliphatic carbocycles. The highest BCUT2D eigenvalue weighted by molar-refractivity contribution is 5.68. The van der Waals surface area contributed by atoms with Crippen LogP contribution < -0.4 is 0 Å². The van der Waals surface area contributed by atoms with E-state index >= 15 is 0 Å². The molecule has 7 heavy (non-hydrogen) atoms. The third-order valence-electron chi connectivity index (χ3n) is 0.568. The van der Waals surface area contributed by atoms with E-state index < -0.39 is 6.04 Å². The fourth-order valence-electron chi connectivity index (χ4n) is 0.267. The maximum Gasteiger partial charge on any atom is 0.196 e. The van der Waals surface area contributed by atoms with Gasteiger partial charge in [-0.3, -0.25) is 0 Å². The summed E-state index contributed by atoms with van der Waals surface area (Å²) < 4.78 is 0. The Kier molecular flexibility index (Phi) is 0.828. The van der Waals surface area contributed by atoms with Crippen LogP contribution in [0.4, 0.5) is 0 Å². The first kappa shape index (κ1) is 3.93. The minimum absolute atomic E-state index is 0.431. The molecule has 0 aromatic rings.